The molecule has 0 aliphatic heterocycles. The highest BCUT2D eigenvalue weighted by Gasteiger charge is 2.40. The van der Waals surface area contributed by atoms with Crippen LogP contribution in [0, 0.1) is 0 Å². The molecule has 0 aromatic heterocycles. The Kier molecular flexibility index (Phi) is 2.38. The summed E-state index contributed by atoms with van der Waals surface area (Å²) in [5, 5.41) is 16.9. The van der Waals surface area contributed by atoms with Gasteiger partial charge in [-0.2, -0.15) is 0 Å². The van der Waals surface area contributed by atoms with Crippen LogP contribution in [-0.4, -0.2) is 27.7 Å². The average molecular weight is 156 g/mol. The van der Waals surface area contributed by atoms with Gasteiger partial charge in [-0.1, -0.05) is 0 Å². The first kappa shape index (κ1) is 9.07. The summed E-state index contributed by atoms with van der Waals surface area (Å²) < 4.78 is 14.4. The zero-order valence-corrected chi connectivity index (χ0v) is 6.00. The highest BCUT2D eigenvalue weighted by atomic mass is 31.2. The van der Waals surface area contributed by atoms with E-state index >= 15 is 0 Å². The summed E-state index contributed by atoms with van der Waals surface area (Å²) in [4.78, 5) is 8.49. The SMILES string of the molecule is COP(=O)(O)C(C)(O)O. The van der Waals surface area contributed by atoms with Crippen molar-refractivity contribution in [1.82, 2.24) is 0 Å². The van der Waals surface area contributed by atoms with Crippen molar-refractivity contribution >= 4 is 7.60 Å². The molecule has 0 saturated heterocycles. The Labute approximate surface area is 52.4 Å². The Bertz CT molecular complexity index is 136. The van der Waals surface area contributed by atoms with Gasteiger partial charge in [0.25, 0.3) is 5.53 Å². The second kappa shape index (κ2) is 2.36. The largest absolute Gasteiger partial charge is 0.386 e. The maximum Gasteiger partial charge on any atom is 0.386 e. The minimum atomic E-state index is -4.25. The molecule has 9 heavy (non-hydrogen) atoms. The molecule has 1 unspecified atom stereocenters. The topological polar surface area (TPSA) is 87.0 Å². The smallest absolute Gasteiger partial charge is 0.356 e. The second-order valence-electron chi connectivity index (χ2n) is 1.67. The van der Waals surface area contributed by atoms with Crippen molar-refractivity contribution in [2.45, 2.75) is 12.5 Å². The quantitative estimate of drug-likeness (QED) is 0.369. The van der Waals surface area contributed by atoms with Gasteiger partial charge < -0.3 is 19.6 Å². The Hall–Kier alpha value is 0.0700. The van der Waals surface area contributed by atoms with Crippen molar-refractivity contribution in [1.29, 1.82) is 0 Å². The van der Waals surface area contributed by atoms with Gasteiger partial charge in [0.2, 0.25) is 0 Å². The Morgan fingerprint density at radius 3 is 1.89 bits per heavy atom. The van der Waals surface area contributed by atoms with Crippen LogP contribution in [0.15, 0.2) is 0 Å². The molecule has 0 fully saturated rings. The highest BCUT2D eigenvalue weighted by Crippen LogP contribution is 2.51. The molecule has 0 aromatic rings. The summed E-state index contributed by atoms with van der Waals surface area (Å²) in [5.41, 5.74) is -2.66. The van der Waals surface area contributed by atoms with E-state index in [1.54, 1.807) is 0 Å². The molecule has 5 nitrogen and oxygen atoms in total. The van der Waals surface area contributed by atoms with Crippen molar-refractivity contribution in [3.63, 3.8) is 0 Å². The van der Waals surface area contributed by atoms with E-state index in [9.17, 15) is 4.57 Å². The molecule has 0 aliphatic carbocycles. The van der Waals surface area contributed by atoms with E-state index in [0.717, 1.165) is 14.0 Å². The van der Waals surface area contributed by atoms with Crippen molar-refractivity contribution in [2.24, 2.45) is 0 Å². The molecule has 0 aliphatic rings. The van der Waals surface area contributed by atoms with E-state index in [-0.39, 0.29) is 0 Å². The lowest BCUT2D eigenvalue weighted by atomic mass is 10.8. The van der Waals surface area contributed by atoms with Crippen LogP contribution >= 0.6 is 7.60 Å². The van der Waals surface area contributed by atoms with Crippen LogP contribution in [0.1, 0.15) is 6.92 Å². The summed E-state index contributed by atoms with van der Waals surface area (Å²) in [5.74, 6) is 0. The zero-order chi connectivity index (χ0) is 7.71. The molecule has 0 aromatic carbocycles. The van der Waals surface area contributed by atoms with Crippen molar-refractivity contribution in [2.75, 3.05) is 7.11 Å². The normalized spacial score (nSPS) is 19.2. The molecule has 0 bridgehead atoms. The molecular formula is C3H9O5P. The van der Waals surface area contributed by atoms with Crippen LogP contribution in [0.25, 0.3) is 0 Å². The molecule has 0 saturated carbocycles. The number of aliphatic hydroxyl groups is 2. The van der Waals surface area contributed by atoms with Gasteiger partial charge in [-0.05, 0) is 0 Å². The molecule has 0 heterocycles. The summed E-state index contributed by atoms with van der Waals surface area (Å²) in [6.07, 6.45) is 0. The Morgan fingerprint density at radius 2 is 1.89 bits per heavy atom. The summed E-state index contributed by atoms with van der Waals surface area (Å²) in [6, 6.07) is 0. The van der Waals surface area contributed by atoms with Crippen LogP contribution in [0.2, 0.25) is 0 Å². The van der Waals surface area contributed by atoms with E-state index in [1.165, 1.54) is 0 Å². The van der Waals surface area contributed by atoms with E-state index in [4.69, 9.17) is 15.1 Å². The standard InChI is InChI=1S/C3H9O5P/c1-3(4,5)9(6,7)8-2/h4-5H,1-2H3,(H,6,7). The average Bonchev–Trinajstić information content (AvgIpc) is 1.64. The van der Waals surface area contributed by atoms with Crippen LogP contribution in [0.3, 0.4) is 0 Å². The molecule has 56 valence electrons. The Morgan fingerprint density at radius 1 is 1.56 bits per heavy atom. The lowest BCUT2D eigenvalue weighted by molar-refractivity contribution is -0.0890. The third-order valence-corrected chi connectivity index (χ3v) is 2.35. The molecule has 1 atom stereocenters. The Balaban J connectivity index is 4.35. The third kappa shape index (κ3) is 2.04. The van der Waals surface area contributed by atoms with Crippen LogP contribution in [0.4, 0.5) is 0 Å². The molecular weight excluding hydrogens is 147 g/mol. The minimum absolute atomic E-state index is 0.775. The van der Waals surface area contributed by atoms with E-state index in [1.807, 2.05) is 0 Å². The predicted octanol–water partition coefficient (Wildman–Crippen LogP) is -0.524. The molecule has 6 heteroatoms. The second-order valence-corrected chi connectivity index (χ2v) is 3.93. The predicted molar refractivity (Wildman–Crippen MR) is 29.7 cm³/mol. The summed E-state index contributed by atoms with van der Waals surface area (Å²) in [6.45, 7) is 0.775. The molecule has 0 spiro atoms. The monoisotopic (exact) mass is 156 g/mol. The van der Waals surface area contributed by atoms with Gasteiger partial charge >= 0.3 is 7.60 Å². The lowest BCUT2D eigenvalue weighted by Crippen LogP contribution is -2.23. The fourth-order valence-corrected chi connectivity index (χ4v) is 0.519. The fraction of sp³-hybridized carbons (Fsp3) is 1.00. The van der Waals surface area contributed by atoms with Gasteiger partial charge in [0.1, 0.15) is 0 Å². The molecule has 3 N–H and O–H groups in total. The number of hydrogen-bond acceptors (Lipinski definition) is 4. The first-order chi connectivity index (χ1) is 3.81. The van der Waals surface area contributed by atoms with Crippen molar-refractivity contribution in [3.05, 3.63) is 0 Å². The van der Waals surface area contributed by atoms with Gasteiger partial charge in [0.15, 0.2) is 0 Å². The van der Waals surface area contributed by atoms with Gasteiger partial charge in [0, 0.05) is 14.0 Å². The van der Waals surface area contributed by atoms with Crippen LogP contribution < -0.4 is 0 Å². The van der Waals surface area contributed by atoms with E-state index in [2.05, 4.69) is 4.52 Å². The first-order valence-electron chi connectivity index (χ1n) is 2.14. The van der Waals surface area contributed by atoms with E-state index in [0.29, 0.717) is 0 Å². The van der Waals surface area contributed by atoms with Crippen LogP contribution in [0.5, 0.6) is 0 Å². The molecule has 0 radical (unpaired) electrons. The van der Waals surface area contributed by atoms with Gasteiger partial charge in [-0.15, -0.1) is 0 Å². The third-order valence-electron chi connectivity index (χ3n) is 0.783. The fourth-order valence-electron chi connectivity index (χ4n) is 0.173. The zero-order valence-electron chi connectivity index (χ0n) is 5.11. The molecule has 0 rings (SSSR count). The van der Waals surface area contributed by atoms with Crippen LogP contribution in [-0.2, 0) is 9.09 Å². The minimum Gasteiger partial charge on any atom is -0.356 e. The van der Waals surface area contributed by atoms with E-state index < -0.39 is 13.1 Å². The van der Waals surface area contributed by atoms with Crippen molar-refractivity contribution < 1.29 is 24.2 Å². The maximum atomic E-state index is 10.4. The summed E-state index contributed by atoms with van der Waals surface area (Å²) in [7, 11) is -3.32. The van der Waals surface area contributed by atoms with Crippen molar-refractivity contribution in [3.8, 4) is 0 Å². The number of rotatable bonds is 2. The highest BCUT2D eigenvalue weighted by molar-refractivity contribution is 7.54. The lowest BCUT2D eigenvalue weighted by Gasteiger charge is -2.19. The van der Waals surface area contributed by atoms with Gasteiger partial charge in [0.05, 0.1) is 0 Å². The maximum absolute atomic E-state index is 10.4. The summed E-state index contributed by atoms with van der Waals surface area (Å²) >= 11 is 0. The molecule has 0 amide bonds. The van der Waals surface area contributed by atoms with Gasteiger partial charge in [-0.3, -0.25) is 4.57 Å². The first-order valence-corrected chi connectivity index (χ1v) is 3.72. The van der Waals surface area contributed by atoms with Gasteiger partial charge in [-0.25, -0.2) is 0 Å². The number of hydrogen-bond donors (Lipinski definition) is 3.